The Morgan fingerprint density at radius 2 is 0.975 bits per heavy atom. The molecule has 216 valence electrons. The number of Topliss-reactive ketones (excluding diaryl/α,β-unsaturated/α-hetero) is 1. The van der Waals surface area contributed by atoms with Crippen LogP contribution in [0.1, 0.15) is 38.8 Å². The molecule has 0 aromatic heterocycles. The summed E-state index contributed by atoms with van der Waals surface area (Å²) in [5.74, 6) is -0.604. The highest BCUT2D eigenvalue weighted by molar-refractivity contribution is 5.94. The normalized spacial score (nSPS) is 13.8. The number of rotatable bonds is 16. The first kappa shape index (κ1) is 32.3. The Bertz CT molecular complexity index is 1100. The zero-order valence-corrected chi connectivity index (χ0v) is 23.5. The van der Waals surface area contributed by atoms with Crippen molar-refractivity contribution in [3.8, 4) is 11.5 Å². The smallest absolute Gasteiger partial charge is 0.333 e. The molecule has 0 heterocycles. The lowest BCUT2D eigenvalue weighted by molar-refractivity contribution is -0.153. The van der Waals surface area contributed by atoms with Crippen LogP contribution in [0.15, 0.2) is 72.8 Å². The van der Waals surface area contributed by atoms with Gasteiger partial charge in [-0.05, 0) is 63.1 Å². The van der Waals surface area contributed by atoms with Gasteiger partial charge < -0.3 is 29.2 Å². The highest BCUT2D eigenvalue weighted by Gasteiger charge is 2.42. The summed E-state index contributed by atoms with van der Waals surface area (Å²) in [6, 6.07) is 13.6. The van der Waals surface area contributed by atoms with Gasteiger partial charge >= 0.3 is 11.9 Å². The van der Waals surface area contributed by atoms with E-state index in [-0.39, 0.29) is 39.3 Å². The third-order valence-corrected chi connectivity index (χ3v) is 5.79. The Morgan fingerprint density at radius 1 is 0.650 bits per heavy atom. The molecule has 0 radical (unpaired) electrons. The Kier molecular flexibility index (Phi) is 11.6. The first-order valence-electron chi connectivity index (χ1n) is 12.8. The van der Waals surface area contributed by atoms with Gasteiger partial charge in [-0.25, -0.2) is 9.59 Å². The standard InChI is InChI=1S/C31H38O9/c1-21(2)27(32)39-17-15-37-25-11-7-23(8-12-25)19-30(5,35)29(34)31(6,36)20-24-9-13-26(14-10-24)38-16-18-40-28(33)22(3)4/h7-14,35-36H,1,3,15-20H2,2,4-6H3. The van der Waals surface area contributed by atoms with E-state index >= 15 is 0 Å². The number of hydrogen-bond acceptors (Lipinski definition) is 9. The summed E-state index contributed by atoms with van der Waals surface area (Å²) in [7, 11) is 0. The van der Waals surface area contributed by atoms with E-state index in [1.807, 2.05) is 0 Å². The van der Waals surface area contributed by atoms with Crippen molar-refractivity contribution in [2.45, 2.75) is 51.7 Å². The molecule has 9 nitrogen and oxygen atoms in total. The van der Waals surface area contributed by atoms with E-state index in [4.69, 9.17) is 18.9 Å². The molecule has 0 saturated carbocycles. The second kappa shape index (κ2) is 14.4. The maximum absolute atomic E-state index is 13.1. The molecule has 2 atom stereocenters. The highest BCUT2D eigenvalue weighted by Crippen LogP contribution is 2.26. The predicted molar refractivity (Wildman–Crippen MR) is 149 cm³/mol. The summed E-state index contributed by atoms with van der Waals surface area (Å²) in [6.45, 7) is 13.4. The molecule has 40 heavy (non-hydrogen) atoms. The number of aliphatic hydroxyl groups is 2. The van der Waals surface area contributed by atoms with Gasteiger partial charge in [-0.15, -0.1) is 0 Å². The topological polar surface area (TPSA) is 129 Å². The number of esters is 2. The van der Waals surface area contributed by atoms with Gasteiger partial charge in [0, 0.05) is 24.0 Å². The minimum Gasteiger partial charge on any atom is -0.490 e. The summed E-state index contributed by atoms with van der Waals surface area (Å²) in [5.41, 5.74) is -1.69. The Morgan fingerprint density at radius 3 is 1.27 bits per heavy atom. The lowest BCUT2D eigenvalue weighted by atomic mass is 9.80. The van der Waals surface area contributed by atoms with Crippen molar-refractivity contribution in [1.82, 2.24) is 0 Å². The molecule has 0 fully saturated rings. The zero-order chi connectivity index (χ0) is 29.9. The lowest BCUT2D eigenvalue weighted by Gasteiger charge is -2.31. The van der Waals surface area contributed by atoms with Gasteiger partial charge in [0.1, 0.15) is 49.1 Å². The minimum absolute atomic E-state index is 0.0127. The van der Waals surface area contributed by atoms with E-state index in [1.54, 1.807) is 62.4 Å². The van der Waals surface area contributed by atoms with Gasteiger partial charge in [0.25, 0.3) is 0 Å². The molecule has 0 aliphatic carbocycles. The molecule has 2 aromatic rings. The lowest BCUT2D eigenvalue weighted by Crippen LogP contribution is -2.52. The van der Waals surface area contributed by atoms with E-state index in [2.05, 4.69) is 13.2 Å². The van der Waals surface area contributed by atoms with Crippen LogP contribution in [-0.4, -0.2) is 65.6 Å². The zero-order valence-electron chi connectivity index (χ0n) is 23.5. The molecule has 0 bridgehead atoms. The second-order valence-corrected chi connectivity index (χ2v) is 10.0. The summed E-state index contributed by atoms with van der Waals surface area (Å²) in [4.78, 5) is 35.9. The average Bonchev–Trinajstić information content (AvgIpc) is 2.89. The summed E-state index contributed by atoms with van der Waals surface area (Å²) in [5, 5.41) is 21.9. The van der Waals surface area contributed by atoms with Crippen LogP contribution in [-0.2, 0) is 36.7 Å². The number of ketones is 1. The molecule has 2 rings (SSSR count). The molecule has 2 unspecified atom stereocenters. The van der Waals surface area contributed by atoms with Gasteiger partial charge in [-0.3, -0.25) is 4.79 Å². The fraction of sp³-hybridized carbons (Fsp3) is 0.387. The van der Waals surface area contributed by atoms with Crippen LogP contribution >= 0.6 is 0 Å². The highest BCUT2D eigenvalue weighted by atomic mass is 16.6. The van der Waals surface area contributed by atoms with Crippen molar-refractivity contribution in [3.63, 3.8) is 0 Å². The van der Waals surface area contributed by atoms with Crippen molar-refractivity contribution in [1.29, 1.82) is 0 Å². The van der Waals surface area contributed by atoms with Gasteiger partial charge in [-0.1, -0.05) is 37.4 Å². The van der Waals surface area contributed by atoms with Crippen molar-refractivity contribution < 1.29 is 43.5 Å². The monoisotopic (exact) mass is 554 g/mol. The third-order valence-electron chi connectivity index (χ3n) is 5.79. The molecule has 0 aliphatic rings. The number of benzene rings is 2. The van der Waals surface area contributed by atoms with Gasteiger partial charge in [0.05, 0.1) is 0 Å². The molecular weight excluding hydrogens is 516 g/mol. The van der Waals surface area contributed by atoms with Crippen LogP contribution in [0.2, 0.25) is 0 Å². The van der Waals surface area contributed by atoms with E-state index in [1.165, 1.54) is 13.8 Å². The first-order valence-corrected chi connectivity index (χ1v) is 12.8. The minimum atomic E-state index is -1.83. The molecular formula is C31H38O9. The van der Waals surface area contributed by atoms with Gasteiger partial charge in [0.15, 0.2) is 5.78 Å². The summed E-state index contributed by atoms with van der Waals surface area (Å²) >= 11 is 0. The summed E-state index contributed by atoms with van der Waals surface area (Å²) in [6.07, 6.45) is -0.0254. The van der Waals surface area contributed by atoms with E-state index in [0.29, 0.717) is 33.8 Å². The molecule has 0 aliphatic heterocycles. The van der Waals surface area contributed by atoms with Crippen LogP contribution in [0, 0.1) is 0 Å². The van der Waals surface area contributed by atoms with Crippen LogP contribution in [0.3, 0.4) is 0 Å². The molecule has 0 saturated heterocycles. The number of hydrogen-bond donors (Lipinski definition) is 2. The van der Waals surface area contributed by atoms with E-state index in [0.717, 1.165) is 0 Å². The van der Waals surface area contributed by atoms with Crippen LogP contribution in [0.5, 0.6) is 11.5 Å². The average molecular weight is 555 g/mol. The van der Waals surface area contributed by atoms with Gasteiger partial charge in [0.2, 0.25) is 0 Å². The van der Waals surface area contributed by atoms with Crippen LogP contribution < -0.4 is 9.47 Å². The van der Waals surface area contributed by atoms with Crippen LogP contribution in [0.4, 0.5) is 0 Å². The quantitative estimate of drug-likeness (QED) is 0.182. The maximum atomic E-state index is 13.1. The Hall–Kier alpha value is -3.95. The van der Waals surface area contributed by atoms with E-state index < -0.39 is 28.9 Å². The molecule has 2 aromatic carbocycles. The number of carbonyl (C=O) groups is 3. The summed E-state index contributed by atoms with van der Waals surface area (Å²) < 4.78 is 21.0. The van der Waals surface area contributed by atoms with E-state index in [9.17, 15) is 24.6 Å². The molecule has 9 heteroatoms. The van der Waals surface area contributed by atoms with Crippen LogP contribution in [0.25, 0.3) is 0 Å². The Balaban J connectivity index is 1.87. The van der Waals surface area contributed by atoms with Crippen molar-refractivity contribution in [3.05, 3.63) is 84.0 Å². The fourth-order valence-corrected chi connectivity index (χ4v) is 3.78. The molecule has 0 amide bonds. The Labute approximate surface area is 235 Å². The second-order valence-electron chi connectivity index (χ2n) is 10.0. The van der Waals surface area contributed by atoms with Crippen molar-refractivity contribution >= 4 is 17.7 Å². The molecule has 0 spiro atoms. The maximum Gasteiger partial charge on any atom is 0.333 e. The largest absolute Gasteiger partial charge is 0.490 e. The SMILES string of the molecule is C=C(C)C(=O)OCCOc1ccc(CC(C)(O)C(=O)C(C)(O)Cc2ccc(OCCOC(=O)C(=C)C)cc2)cc1. The number of carbonyl (C=O) groups excluding carboxylic acids is 3. The predicted octanol–water partition coefficient (Wildman–Crippen LogP) is 3.54. The molecule has 2 N–H and O–H groups in total. The number of ether oxygens (including phenoxy) is 4. The van der Waals surface area contributed by atoms with Crippen molar-refractivity contribution in [2.75, 3.05) is 26.4 Å². The third kappa shape index (κ3) is 10.3. The fourth-order valence-electron chi connectivity index (χ4n) is 3.78. The van der Waals surface area contributed by atoms with Crippen molar-refractivity contribution in [2.24, 2.45) is 0 Å². The van der Waals surface area contributed by atoms with Gasteiger partial charge in [-0.2, -0.15) is 0 Å². The first-order chi connectivity index (χ1) is 18.7.